The van der Waals surface area contributed by atoms with Gasteiger partial charge in [0.05, 0.1) is 43.2 Å². The summed E-state index contributed by atoms with van der Waals surface area (Å²) < 4.78 is 21.9. The molecule has 224 valence electrons. The summed E-state index contributed by atoms with van der Waals surface area (Å²) in [6.45, 7) is 3.14. The third-order valence-electron chi connectivity index (χ3n) is 8.32. The number of aliphatic hydroxyl groups is 2. The topological polar surface area (TPSA) is 150 Å². The number of ether oxygens (including phenoxy) is 1. The second kappa shape index (κ2) is 11.0. The minimum Gasteiger partial charge on any atom is -0.477 e. The molecule has 43 heavy (non-hydrogen) atoms. The van der Waals surface area contributed by atoms with Crippen molar-refractivity contribution in [2.75, 3.05) is 56.8 Å². The molecule has 4 aromatic rings. The quantitative estimate of drug-likeness (QED) is 0.213. The molecule has 11 nitrogen and oxygen atoms in total. The van der Waals surface area contributed by atoms with E-state index in [1.807, 2.05) is 0 Å². The van der Waals surface area contributed by atoms with Crippen molar-refractivity contribution in [2.45, 2.75) is 19.9 Å². The van der Waals surface area contributed by atoms with Crippen molar-refractivity contribution in [1.29, 1.82) is 0 Å². The minimum absolute atomic E-state index is 0.0268. The third-order valence-corrected chi connectivity index (χ3v) is 8.32. The zero-order valence-corrected chi connectivity index (χ0v) is 23.9. The molecule has 0 spiro atoms. The highest BCUT2D eigenvalue weighted by Gasteiger charge is 2.32. The van der Waals surface area contributed by atoms with E-state index in [9.17, 15) is 29.3 Å². The Balaban J connectivity index is 1.60. The molecule has 1 aliphatic heterocycles. The minimum atomic E-state index is -1.40. The fourth-order valence-corrected chi connectivity index (χ4v) is 5.98. The van der Waals surface area contributed by atoms with Crippen LogP contribution in [0.15, 0.2) is 41.6 Å². The highest BCUT2D eigenvalue weighted by atomic mass is 19.1. The Morgan fingerprint density at radius 2 is 1.86 bits per heavy atom. The van der Waals surface area contributed by atoms with Crippen molar-refractivity contribution in [3.8, 4) is 22.3 Å². The second-order valence-corrected chi connectivity index (χ2v) is 11.4. The lowest BCUT2D eigenvalue weighted by molar-refractivity contribution is 0.0560. The number of aromatic carboxylic acids is 1. The monoisotopic (exact) mass is 589 g/mol. The number of aliphatic hydroxyl groups excluding tert-OH is 2. The summed E-state index contributed by atoms with van der Waals surface area (Å²) in [6, 6.07) is 4.60. The number of anilines is 2. The average molecular weight is 590 g/mol. The summed E-state index contributed by atoms with van der Waals surface area (Å²) in [4.78, 5) is 37.0. The van der Waals surface area contributed by atoms with Gasteiger partial charge in [0.15, 0.2) is 0 Å². The van der Waals surface area contributed by atoms with E-state index in [1.165, 1.54) is 22.9 Å². The molecule has 0 saturated carbocycles. The zero-order chi connectivity index (χ0) is 30.5. The number of carboxylic acid groups (broad SMARTS) is 1. The van der Waals surface area contributed by atoms with E-state index in [4.69, 9.17) is 9.72 Å². The molecule has 0 unspecified atom stereocenters. The van der Waals surface area contributed by atoms with Gasteiger partial charge in [0.2, 0.25) is 5.43 Å². The molecular weight excluding hydrogens is 557 g/mol. The molecule has 0 bridgehead atoms. The molecular formula is C31H32FN5O6. The van der Waals surface area contributed by atoms with Gasteiger partial charge in [-0.15, -0.1) is 0 Å². The largest absolute Gasteiger partial charge is 0.477 e. The van der Waals surface area contributed by atoms with E-state index in [0.717, 1.165) is 28.1 Å². The first-order chi connectivity index (χ1) is 20.7. The predicted octanol–water partition coefficient (Wildman–Crippen LogP) is 2.74. The maximum absolute atomic E-state index is 14.8. The van der Waals surface area contributed by atoms with Crippen molar-refractivity contribution in [3.63, 3.8) is 0 Å². The van der Waals surface area contributed by atoms with Gasteiger partial charge in [0.25, 0.3) is 0 Å². The second-order valence-electron chi connectivity index (χ2n) is 11.4. The van der Waals surface area contributed by atoms with Gasteiger partial charge >= 0.3 is 5.97 Å². The number of fused-ring (bicyclic) bond motifs is 4. The lowest BCUT2D eigenvalue weighted by atomic mass is 9.92. The van der Waals surface area contributed by atoms with Crippen LogP contribution in [0.1, 0.15) is 28.5 Å². The summed E-state index contributed by atoms with van der Waals surface area (Å²) in [7, 11) is 1.75. The van der Waals surface area contributed by atoms with Gasteiger partial charge in [0, 0.05) is 79.5 Å². The molecule has 3 aromatic heterocycles. The molecule has 2 aliphatic rings. The molecule has 0 amide bonds. The van der Waals surface area contributed by atoms with Crippen molar-refractivity contribution in [2.24, 2.45) is 5.41 Å². The Bertz CT molecular complexity index is 1810. The van der Waals surface area contributed by atoms with Crippen LogP contribution in [0.5, 0.6) is 0 Å². The molecule has 0 atom stereocenters. The van der Waals surface area contributed by atoms with Gasteiger partial charge in [-0.3, -0.25) is 9.78 Å². The number of rotatable bonds is 8. The number of hydrogen-bond acceptors (Lipinski definition) is 9. The number of halogens is 1. The van der Waals surface area contributed by atoms with Crippen LogP contribution in [0, 0.1) is 11.2 Å². The normalized spacial score (nSPS) is 14.6. The number of morpholine rings is 1. The van der Waals surface area contributed by atoms with Crippen LogP contribution in [0.25, 0.3) is 33.3 Å². The summed E-state index contributed by atoms with van der Waals surface area (Å²) in [5.41, 5.74) is 4.11. The van der Waals surface area contributed by atoms with Crippen molar-refractivity contribution in [1.82, 2.24) is 14.5 Å². The van der Waals surface area contributed by atoms with Crippen LogP contribution in [0.3, 0.4) is 0 Å². The standard InChI is InChI=1S/C31H32FN5O6/c1-31(15-38,16-39)14-37-13-23(30(41)42)28(40)21-7-17(11-35-29(21)37)22-12-34-25-10-19-20(8-18(32)9-24(19)33-2)26(25)27(22)36-3-5-43-6-4-36/h7-9,11-13,33,38-39H,3-6,10,14-16H2,1-2H3,(H,41,42). The maximum Gasteiger partial charge on any atom is 0.341 e. The molecule has 12 heteroatoms. The van der Waals surface area contributed by atoms with Crippen LogP contribution in [-0.4, -0.2) is 82.4 Å². The number of carbonyl (C=O) groups is 1. The molecule has 1 saturated heterocycles. The van der Waals surface area contributed by atoms with Crippen LogP contribution < -0.4 is 15.6 Å². The van der Waals surface area contributed by atoms with E-state index in [2.05, 4.69) is 15.2 Å². The van der Waals surface area contributed by atoms with Gasteiger partial charge in [-0.25, -0.2) is 14.2 Å². The number of nitrogens with one attached hydrogen (secondary N) is 1. The molecule has 1 aliphatic carbocycles. The fraction of sp³-hybridized carbons (Fsp3) is 0.355. The lowest BCUT2D eigenvalue weighted by Crippen LogP contribution is -2.37. The van der Waals surface area contributed by atoms with Crippen LogP contribution in [-0.2, 0) is 17.7 Å². The van der Waals surface area contributed by atoms with Crippen molar-refractivity contribution < 1.29 is 29.2 Å². The van der Waals surface area contributed by atoms with E-state index in [-0.39, 0.29) is 36.6 Å². The van der Waals surface area contributed by atoms with E-state index < -0.39 is 22.4 Å². The van der Waals surface area contributed by atoms with E-state index in [0.29, 0.717) is 49.5 Å². The fourth-order valence-electron chi connectivity index (χ4n) is 5.98. The van der Waals surface area contributed by atoms with Crippen LogP contribution >= 0.6 is 0 Å². The molecule has 1 aromatic carbocycles. The molecule has 6 rings (SSSR count). The smallest absolute Gasteiger partial charge is 0.341 e. The van der Waals surface area contributed by atoms with E-state index in [1.54, 1.807) is 32.4 Å². The predicted molar refractivity (Wildman–Crippen MR) is 159 cm³/mol. The summed E-state index contributed by atoms with van der Waals surface area (Å²) in [5.74, 6) is -1.77. The maximum atomic E-state index is 14.8. The van der Waals surface area contributed by atoms with E-state index >= 15 is 0 Å². The highest BCUT2D eigenvalue weighted by molar-refractivity contribution is 5.98. The van der Waals surface area contributed by atoms with Gasteiger partial charge in [-0.1, -0.05) is 6.92 Å². The Labute approximate surface area is 246 Å². The number of pyridine rings is 3. The SMILES string of the molecule is CNc1cc(F)cc2c1Cc1ncc(-c3cnc4c(c3)c(=O)c(C(=O)O)cn4CC(C)(CO)CO)c(N3CCOCC3)c1-2. The zero-order valence-electron chi connectivity index (χ0n) is 23.9. The number of aromatic nitrogens is 3. The lowest BCUT2D eigenvalue weighted by Gasteiger charge is -2.32. The highest BCUT2D eigenvalue weighted by Crippen LogP contribution is 2.48. The van der Waals surface area contributed by atoms with Gasteiger partial charge in [-0.05, 0) is 29.3 Å². The first-order valence-electron chi connectivity index (χ1n) is 14.0. The van der Waals surface area contributed by atoms with Gasteiger partial charge in [-0.2, -0.15) is 0 Å². The number of hydrogen-bond donors (Lipinski definition) is 4. The molecule has 4 N–H and O–H groups in total. The molecule has 4 heterocycles. The van der Waals surface area contributed by atoms with Crippen LogP contribution in [0.2, 0.25) is 0 Å². The van der Waals surface area contributed by atoms with Gasteiger partial charge in [0.1, 0.15) is 17.0 Å². The number of nitrogens with zero attached hydrogens (tertiary/aromatic N) is 4. The Hall–Kier alpha value is -4.39. The number of benzene rings is 1. The average Bonchev–Trinajstić information content (AvgIpc) is 3.40. The Morgan fingerprint density at radius 3 is 2.53 bits per heavy atom. The Kier molecular flexibility index (Phi) is 7.36. The summed E-state index contributed by atoms with van der Waals surface area (Å²) >= 11 is 0. The molecule has 1 fully saturated rings. The Morgan fingerprint density at radius 1 is 1.12 bits per heavy atom. The first kappa shape index (κ1) is 28.7. The third kappa shape index (κ3) is 4.90. The van der Waals surface area contributed by atoms with Crippen molar-refractivity contribution >= 4 is 28.4 Å². The first-order valence-corrected chi connectivity index (χ1v) is 14.0. The molecule has 0 radical (unpaired) electrons. The van der Waals surface area contributed by atoms with Crippen LogP contribution in [0.4, 0.5) is 15.8 Å². The van der Waals surface area contributed by atoms with Crippen molar-refractivity contribution in [3.05, 3.63) is 69.7 Å². The summed E-state index contributed by atoms with van der Waals surface area (Å²) in [5, 5.41) is 32.7. The number of carboxylic acids is 1. The van der Waals surface area contributed by atoms with Gasteiger partial charge < -0.3 is 34.8 Å². The summed E-state index contributed by atoms with van der Waals surface area (Å²) in [6.07, 6.45) is 5.05.